The van der Waals surface area contributed by atoms with E-state index in [9.17, 15) is 38.4 Å². The van der Waals surface area contributed by atoms with E-state index >= 15 is 0 Å². The number of hydrogen-bond donors (Lipinski definition) is 2. The first-order valence-corrected chi connectivity index (χ1v) is 15.4. The first kappa shape index (κ1) is 37.2. The summed E-state index contributed by atoms with van der Waals surface area (Å²) in [5, 5.41) is 5.01. The summed E-state index contributed by atoms with van der Waals surface area (Å²) in [6, 6.07) is -2.78. The van der Waals surface area contributed by atoms with Gasteiger partial charge in [0.15, 0.2) is 22.1 Å². The molecule has 16 nitrogen and oxygen atoms in total. The molecule has 3 rings (SSSR count). The molecule has 258 valence electrons. The maximum atomic E-state index is 13.5. The van der Waals surface area contributed by atoms with Gasteiger partial charge in [-0.15, -0.1) is 0 Å². The van der Waals surface area contributed by atoms with Crippen molar-refractivity contribution in [3.05, 3.63) is 65.7 Å². The zero-order chi connectivity index (χ0) is 36.0. The number of ether oxygens (including phenoxy) is 2. The lowest BCUT2D eigenvalue weighted by Crippen LogP contribution is -2.38. The van der Waals surface area contributed by atoms with Gasteiger partial charge in [-0.2, -0.15) is 0 Å². The molecule has 48 heavy (non-hydrogen) atoms. The van der Waals surface area contributed by atoms with Gasteiger partial charge in [-0.05, 0) is 38.5 Å². The maximum absolute atomic E-state index is 13.5. The minimum atomic E-state index is -1.39. The fourth-order valence-corrected chi connectivity index (χ4v) is 4.87. The summed E-state index contributed by atoms with van der Waals surface area (Å²) >= 11 is 0. The molecule has 3 aromatic heterocycles. The van der Waals surface area contributed by atoms with Gasteiger partial charge in [-0.1, -0.05) is 40.9 Å². The smallest absolute Gasteiger partial charge is 0.329 e. The van der Waals surface area contributed by atoms with Crippen molar-refractivity contribution in [1.29, 1.82) is 0 Å². The second-order valence-corrected chi connectivity index (χ2v) is 12.3. The predicted octanol–water partition coefficient (Wildman–Crippen LogP) is 0.348. The average molecular weight is 669 g/mol. The van der Waals surface area contributed by atoms with Crippen LogP contribution in [-0.2, 0) is 28.7 Å². The molecule has 2 amide bonds. The molecule has 0 spiro atoms. The number of fused-ring (bicyclic) bond motifs is 2. The molecule has 0 saturated heterocycles. The van der Waals surface area contributed by atoms with E-state index in [0.29, 0.717) is 9.13 Å². The van der Waals surface area contributed by atoms with Crippen molar-refractivity contribution in [2.24, 2.45) is 11.8 Å². The lowest BCUT2D eigenvalue weighted by atomic mass is 10.0. The normalized spacial score (nSPS) is 12.7. The van der Waals surface area contributed by atoms with Gasteiger partial charge in [0, 0.05) is 11.1 Å². The molecule has 2 N–H and O–H groups in total. The van der Waals surface area contributed by atoms with Gasteiger partial charge >= 0.3 is 11.9 Å². The number of nitrogens with one attached hydrogen (secondary N) is 2. The van der Waals surface area contributed by atoms with Gasteiger partial charge in [-0.25, -0.2) is 19.6 Å². The molecule has 0 aliphatic rings. The summed E-state index contributed by atoms with van der Waals surface area (Å²) in [7, 11) is 0. The summed E-state index contributed by atoms with van der Waals surface area (Å²) in [5.74, 6) is -3.06. The summed E-state index contributed by atoms with van der Waals surface area (Å²) < 4.78 is 11.8. The van der Waals surface area contributed by atoms with Crippen LogP contribution < -0.4 is 32.9 Å². The quantitative estimate of drug-likeness (QED) is 0.120. The third-order valence-corrected chi connectivity index (χ3v) is 7.18. The fourth-order valence-electron chi connectivity index (χ4n) is 4.87. The molecule has 2 atom stereocenters. The Morgan fingerprint density at radius 3 is 1.17 bits per heavy atom. The number of esters is 2. The van der Waals surface area contributed by atoms with Crippen LogP contribution in [0.4, 0.5) is 0 Å². The Balaban J connectivity index is 2.01. The van der Waals surface area contributed by atoms with Gasteiger partial charge in [-0.3, -0.25) is 37.9 Å². The molecule has 3 heterocycles. The van der Waals surface area contributed by atoms with Crippen molar-refractivity contribution < 1.29 is 28.7 Å². The van der Waals surface area contributed by atoms with Gasteiger partial charge in [0.2, 0.25) is 11.8 Å². The molecule has 0 bridgehead atoms. The average Bonchev–Trinajstić information content (AvgIpc) is 3.40. The van der Waals surface area contributed by atoms with Crippen LogP contribution in [0, 0.1) is 11.8 Å². The largest absolute Gasteiger partial charge is 0.462 e. The van der Waals surface area contributed by atoms with E-state index in [1.807, 2.05) is 0 Å². The Bertz CT molecular complexity index is 1760. The Labute approximate surface area is 274 Å². The monoisotopic (exact) mass is 668 g/mol. The lowest BCUT2D eigenvalue weighted by Gasteiger charge is -2.18. The van der Waals surface area contributed by atoms with E-state index in [4.69, 9.17) is 9.47 Å². The van der Waals surface area contributed by atoms with Crippen LogP contribution in [0.3, 0.4) is 0 Å². The second kappa shape index (κ2) is 15.5. The topological polar surface area (TPSA) is 215 Å². The van der Waals surface area contributed by atoms with Gasteiger partial charge in [0.1, 0.15) is 25.3 Å². The third kappa shape index (κ3) is 8.16. The third-order valence-electron chi connectivity index (χ3n) is 7.18. The number of carbonyl (C=O) groups is 4. The van der Waals surface area contributed by atoms with Crippen molar-refractivity contribution in [3.8, 4) is 0 Å². The standard InChI is InChI=1S/C32H40N6O10/c1-15(2)13-19(31(45)47-11-9-33-25(39)17(5)6)37-27(41)21-22(28(37)42)36-24-23(35-21)29(43)38(30(24)44)20(14-16(3)4)32(46)48-12-10-34-26(40)18(7)8/h15-16,19-20H,5,7,9-14H2,1-4,6,8H3,(H,33,39)(H,34,40). The van der Waals surface area contributed by atoms with Gasteiger partial charge < -0.3 is 20.1 Å². The van der Waals surface area contributed by atoms with Crippen LogP contribution >= 0.6 is 0 Å². The molecule has 0 aliphatic carbocycles. The van der Waals surface area contributed by atoms with E-state index in [2.05, 4.69) is 33.8 Å². The van der Waals surface area contributed by atoms with Crippen molar-refractivity contribution in [2.75, 3.05) is 26.3 Å². The van der Waals surface area contributed by atoms with E-state index in [0.717, 1.165) is 0 Å². The fraction of sp³-hybridized carbons (Fsp3) is 0.500. The summed E-state index contributed by atoms with van der Waals surface area (Å²) in [5.41, 5.74) is -5.69. The summed E-state index contributed by atoms with van der Waals surface area (Å²) in [6.45, 7) is 16.5. The molecular formula is C32H40N6O10. The SMILES string of the molecule is C=C(C)C(=O)NCCOC(=O)C(CC(C)C)n1c(=O)c2nc3c(=O)n(C(CC(C)C)C(=O)OCCNC(=O)C(=C)C)c(=O)c3nc2c1=O. The van der Waals surface area contributed by atoms with Crippen LogP contribution in [0.5, 0.6) is 0 Å². The predicted molar refractivity (Wildman–Crippen MR) is 175 cm³/mol. The second-order valence-electron chi connectivity index (χ2n) is 12.3. The van der Waals surface area contributed by atoms with Crippen molar-refractivity contribution in [2.45, 2.75) is 66.5 Å². The van der Waals surface area contributed by atoms with E-state index < -0.39 is 80.1 Å². The highest BCUT2D eigenvalue weighted by Gasteiger charge is 2.33. The number of carbonyl (C=O) groups excluding carboxylic acids is 4. The molecule has 0 aromatic carbocycles. The van der Waals surface area contributed by atoms with Crippen LogP contribution in [0.1, 0.15) is 66.5 Å². The van der Waals surface area contributed by atoms with Gasteiger partial charge in [0.05, 0.1) is 13.1 Å². The molecule has 3 aromatic rings. The van der Waals surface area contributed by atoms with Crippen LogP contribution in [0.2, 0.25) is 0 Å². The Morgan fingerprint density at radius 1 is 0.625 bits per heavy atom. The molecular weight excluding hydrogens is 628 g/mol. The zero-order valence-corrected chi connectivity index (χ0v) is 27.8. The van der Waals surface area contributed by atoms with E-state index in [1.54, 1.807) is 27.7 Å². The first-order valence-electron chi connectivity index (χ1n) is 15.4. The van der Waals surface area contributed by atoms with Crippen LogP contribution in [0.15, 0.2) is 43.5 Å². The minimum Gasteiger partial charge on any atom is -0.462 e. The maximum Gasteiger partial charge on any atom is 0.329 e. The molecule has 0 aliphatic heterocycles. The van der Waals surface area contributed by atoms with E-state index in [1.165, 1.54) is 13.8 Å². The summed E-state index contributed by atoms with van der Waals surface area (Å²) in [6.07, 6.45) is 0.0350. The molecule has 0 radical (unpaired) electrons. The number of amides is 2. The lowest BCUT2D eigenvalue weighted by molar-refractivity contribution is -0.149. The number of nitrogens with zero attached hydrogens (tertiary/aromatic N) is 4. The van der Waals surface area contributed by atoms with Crippen LogP contribution in [-0.4, -0.2) is 69.2 Å². The van der Waals surface area contributed by atoms with Gasteiger partial charge in [0.25, 0.3) is 22.2 Å². The van der Waals surface area contributed by atoms with E-state index in [-0.39, 0.29) is 62.1 Å². The van der Waals surface area contributed by atoms with Crippen molar-refractivity contribution in [3.63, 3.8) is 0 Å². The molecule has 16 heteroatoms. The number of aromatic nitrogens is 4. The Kier molecular flexibility index (Phi) is 12.0. The number of rotatable bonds is 16. The highest BCUT2D eigenvalue weighted by molar-refractivity contribution is 5.92. The first-order chi connectivity index (χ1) is 22.5. The number of hydrogen-bond acceptors (Lipinski definition) is 12. The molecule has 0 fully saturated rings. The highest BCUT2D eigenvalue weighted by Crippen LogP contribution is 2.20. The van der Waals surface area contributed by atoms with Crippen molar-refractivity contribution >= 4 is 45.8 Å². The Hall–Kier alpha value is -5.28. The summed E-state index contributed by atoms with van der Waals surface area (Å²) in [4.78, 5) is 112. The van der Waals surface area contributed by atoms with Crippen molar-refractivity contribution in [1.82, 2.24) is 29.7 Å². The highest BCUT2D eigenvalue weighted by atomic mass is 16.5. The molecule has 0 saturated carbocycles. The Morgan fingerprint density at radius 2 is 0.917 bits per heavy atom. The van der Waals surface area contributed by atoms with Crippen LogP contribution in [0.25, 0.3) is 22.1 Å². The zero-order valence-electron chi connectivity index (χ0n) is 27.8. The molecule has 2 unspecified atom stereocenters. The minimum absolute atomic E-state index is 0.0175.